The predicted octanol–water partition coefficient (Wildman–Crippen LogP) is 2.23. The predicted molar refractivity (Wildman–Crippen MR) is 107 cm³/mol. The number of piperidine rings is 1. The Morgan fingerprint density at radius 2 is 1.52 bits per heavy atom. The Labute approximate surface area is 165 Å². The maximum atomic E-state index is 12.8. The lowest BCUT2D eigenvalue weighted by atomic mass is 9.95. The van der Waals surface area contributed by atoms with Crippen LogP contribution in [0.1, 0.15) is 53.4 Å². The van der Waals surface area contributed by atoms with Gasteiger partial charge >= 0.3 is 0 Å². The largest absolute Gasteiger partial charge is 0.379 e. The highest BCUT2D eigenvalue weighted by Crippen LogP contribution is 2.21. The van der Waals surface area contributed by atoms with Gasteiger partial charge in [0.25, 0.3) is 0 Å². The molecule has 2 saturated heterocycles. The van der Waals surface area contributed by atoms with E-state index in [4.69, 9.17) is 4.74 Å². The molecule has 6 heteroatoms. The molecule has 2 heterocycles. The van der Waals surface area contributed by atoms with Crippen LogP contribution in [-0.4, -0.2) is 85.0 Å². The van der Waals surface area contributed by atoms with Crippen LogP contribution in [0.15, 0.2) is 0 Å². The minimum atomic E-state index is 0.158. The number of nitrogens with zero attached hydrogens (tertiary/aromatic N) is 3. The molecule has 0 atom stereocenters. The number of rotatable bonds is 8. The van der Waals surface area contributed by atoms with E-state index in [-0.39, 0.29) is 11.8 Å². The molecule has 27 heavy (non-hydrogen) atoms. The van der Waals surface area contributed by atoms with E-state index in [9.17, 15) is 9.59 Å². The molecule has 0 unspecified atom stereocenters. The number of hydrogen-bond acceptors (Lipinski definition) is 4. The summed E-state index contributed by atoms with van der Waals surface area (Å²) in [5.41, 5.74) is 0. The summed E-state index contributed by atoms with van der Waals surface area (Å²) in [7, 11) is 0. The summed E-state index contributed by atoms with van der Waals surface area (Å²) in [6.07, 6.45) is 3.87. The van der Waals surface area contributed by atoms with E-state index >= 15 is 0 Å². The van der Waals surface area contributed by atoms with Gasteiger partial charge in [0.05, 0.1) is 6.10 Å². The number of likely N-dealkylation sites (tertiary alicyclic amines) is 1. The van der Waals surface area contributed by atoms with Crippen LogP contribution < -0.4 is 0 Å². The fraction of sp³-hybridized carbons (Fsp3) is 0.905. The summed E-state index contributed by atoms with van der Waals surface area (Å²) in [6.45, 7) is 14.9. The van der Waals surface area contributed by atoms with Gasteiger partial charge in [0.15, 0.2) is 0 Å². The molecule has 2 fully saturated rings. The van der Waals surface area contributed by atoms with Gasteiger partial charge in [0.2, 0.25) is 11.8 Å². The van der Waals surface area contributed by atoms with Gasteiger partial charge in [-0.05, 0) is 52.1 Å². The van der Waals surface area contributed by atoms with Crippen molar-refractivity contribution in [1.29, 1.82) is 0 Å². The lowest BCUT2D eigenvalue weighted by Crippen LogP contribution is -2.53. The standard InChI is InChI=1S/C21H39N3O3/c1-17(2)16-20(25)23-11-13-24(14-12-23)21(26)19-6-9-22(10-7-19)8-5-15-27-18(3)4/h17-19H,5-16H2,1-4H3. The molecule has 6 nitrogen and oxygen atoms in total. The first kappa shape index (κ1) is 22.2. The van der Waals surface area contributed by atoms with Gasteiger partial charge in [0.1, 0.15) is 0 Å². The van der Waals surface area contributed by atoms with E-state index in [1.54, 1.807) is 0 Å². The lowest BCUT2D eigenvalue weighted by molar-refractivity contribution is -0.143. The van der Waals surface area contributed by atoms with Crippen molar-refractivity contribution in [1.82, 2.24) is 14.7 Å². The molecular formula is C21H39N3O3. The maximum absolute atomic E-state index is 12.8. The van der Waals surface area contributed by atoms with Gasteiger partial charge < -0.3 is 19.4 Å². The van der Waals surface area contributed by atoms with Gasteiger partial charge in [-0.15, -0.1) is 0 Å². The topological polar surface area (TPSA) is 53.1 Å². The van der Waals surface area contributed by atoms with Gasteiger partial charge in [-0.1, -0.05) is 13.8 Å². The molecule has 2 rings (SSSR count). The van der Waals surface area contributed by atoms with Crippen LogP contribution in [0.5, 0.6) is 0 Å². The van der Waals surface area contributed by atoms with Crippen molar-refractivity contribution >= 4 is 11.8 Å². The van der Waals surface area contributed by atoms with Crippen LogP contribution >= 0.6 is 0 Å². The Kier molecular flexibility index (Phi) is 9.03. The summed E-state index contributed by atoms with van der Waals surface area (Å²) in [6, 6.07) is 0. The molecule has 0 aliphatic carbocycles. The smallest absolute Gasteiger partial charge is 0.225 e. The molecule has 0 bridgehead atoms. The van der Waals surface area contributed by atoms with E-state index in [0.717, 1.165) is 45.5 Å². The number of amides is 2. The number of carbonyl (C=O) groups is 2. The first-order valence-corrected chi connectivity index (χ1v) is 10.8. The Balaban J connectivity index is 1.65. The van der Waals surface area contributed by atoms with E-state index in [1.807, 2.05) is 9.80 Å². The molecule has 0 spiro atoms. The lowest BCUT2D eigenvalue weighted by Gasteiger charge is -2.38. The summed E-state index contributed by atoms with van der Waals surface area (Å²) in [4.78, 5) is 31.4. The van der Waals surface area contributed by atoms with E-state index in [1.165, 1.54) is 0 Å². The normalized spacial score (nSPS) is 19.9. The highest BCUT2D eigenvalue weighted by molar-refractivity contribution is 5.80. The highest BCUT2D eigenvalue weighted by Gasteiger charge is 2.31. The second kappa shape index (κ2) is 11.0. The molecular weight excluding hydrogens is 342 g/mol. The third kappa shape index (κ3) is 7.41. The second-order valence-corrected chi connectivity index (χ2v) is 8.69. The van der Waals surface area contributed by atoms with Crippen LogP contribution in [-0.2, 0) is 14.3 Å². The maximum Gasteiger partial charge on any atom is 0.225 e. The Hall–Kier alpha value is -1.14. The fourth-order valence-electron chi connectivity index (χ4n) is 3.92. The quantitative estimate of drug-likeness (QED) is 0.605. The molecule has 2 aliphatic heterocycles. The number of hydrogen-bond donors (Lipinski definition) is 0. The van der Waals surface area contributed by atoms with Crippen molar-refractivity contribution in [3.05, 3.63) is 0 Å². The Morgan fingerprint density at radius 3 is 2.07 bits per heavy atom. The summed E-state index contributed by atoms with van der Waals surface area (Å²) < 4.78 is 5.60. The molecule has 156 valence electrons. The number of ether oxygens (including phenoxy) is 1. The van der Waals surface area contributed by atoms with Gasteiger partial charge in [-0.2, -0.15) is 0 Å². The van der Waals surface area contributed by atoms with Crippen molar-refractivity contribution in [2.45, 2.75) is 59.5 Å². The first-order valence-electron chi connectivity index (χ1n) is 10.8. The number of carbonyl (C=O) groups excluding carboxylic acids is 2. The molecule has 0 saturated carbocycles. The molecule has 0 aromatic rings. The zero-order valence-corrected chi connectivity index (χ0v) is 17.8. The van der Waals surface area contributed by atoms with Crippen LogP contribution in [0, 0.1) is 11.8 Å². The monoisotopic (exact) mass is 381 g/mol. The average molecular weight is 382 g/mol. The van der Waals surface area contributed by atoms with Crippen LogP contribution in [0.25, 0.3) is 0 Å². The first-order chi connectivity index (χ1) is 12.9. The van der Waals surface area contributed by atoms with Crippen LogP contribution in [0.4, 0.5) is 0 Å². The van der Waals surface area contributed by atoms with E-state index < -0.39 is 0 Å². The Morgan fingerprint density at radius 1 is 0.926 bits per heavy atom. The van der Waals surface area contributed by atoms with Crippen molar-refractivity contribution in [3.8, 4) is 0 Å². The fourth-order valence-corrected chi connectivity index (χ4v) is 3.92. The van der Waals surface area contributed by atoms with Gasteiger partial charge in [-0.3, -0.25) is 9.59 Å². The summed E-state index contributed by atoms with van der Waals surface area (Å²) >= 11 is 0. The second-order valence-electron chi connectivity index (χ2n) is 8.69. The zero-order valence-electron chi connectivity index (χ0n) is 17.8. The van der Waals surface area contributed by atoms with Gasteiger partial charge in [-0.25, -0.2) is 0 Å². The van der Waals surface area contributed by atoms with E-state index in [0.29, 0.717) is 50.5 Å². The number of piperazine rings is 1. The summed E-state index contributed by atoms with van der Waals surface area (Å²) in [5.74, 6) is 1.07. The molecule has 0 aromatic heterocycles. The summed E-state index contributed by atoms with van der Waals surface area (Å²) in [5, 5.41) is 0. The third-order valence-electron chi connectivity index (χ3n) is 5.53. The Bertz CT molecular complexity index is 465. The average Bonchev–Trinajstić information content (AvgIpc) is 2.64. The minimum Gasteiger partial charge on any atom is -0.379 e. The van der Waals surface area contributed by atoms with Crippen molar-refractivity contribution in [2.75, 3.05) is 52.4 Å². The van der Waals surface area contributed by atoms with Crippen LogP contribution in [0.3, 0.4) is 0 Å². The van der Waals surface area contributed by atoms with Crippen molar-refractivity contribution < 1.29 is 14.3 Å². The van der Waals surface area contributed by atoms with Crippen LogP contribution in [0.2, 0.25) is 0 Å². The molecule has 0 radical (unpaired) electrons. The third-order valence-corrected chi connectivity index (χ3v) is 5.53. The molecule has 2 aliphatic rings. The zero-order chi connectivity index (χ0) is 19.8. The molecule has 2 amide bonds. The minimum absolute atomic E-state index is 0.158. The molecule has 0 aromatic carbocycles. The SMILES string of the molecule is CC(C)CC(=O)N1CCN(C(=O)C2CCN(CCCOC(C)C)CC2)CC1. The van der Waals surface area contributed by atoms with Gasteiger partial charge in [0, 0.05) is 51.7 Å². The van der Waals surface area contributed by atoms with Crippen molar-refractivity contribution in [3.63, 3.8) is 0 Å². The van der Waals surface area contributed by atoms with Crippen molar-refractivity contribution in [2.24, 2.45) is 11.8 Å². The van der Waals surface area contributed by atoms with E-state index in [2.05, 4.69) is 32.6 Å². The highest BCUT2D eigenvalue weighted by atomic mass is 16.5. The molecule has 0 N–H and O–H groups in total.